The third kappa shape index (κ3) is 8.53. The fourth-order valence-electron chi connectivity index (χ4n) is 4.77. The van der Waals surface area contributed by atoms with E-state index in [1.165, 1.54) is 21.0 Å². The molecule has 3 rings (SSSR count). The van der Waals surface area contributed by atoms with E-state index < -0.39 is 66.7 Å². The van der Waals surface area contributed by atoms with E-state index in [0.717, 1.165) is 26.3 Å². The maximum Gasteiger partial charge on any atom is 0.308 e. The maximum atomic E-state index is 12.4. The Morgan fingerprint density at radius 1 is 0.791 bits per heavy atom. The van der Waals surface area contributed by atoms with Crippen molar-refractivity contribution < 1.29 is 57.1 Å². The smallest absolute Gasteiger partial charge is 0.308 e. The SMILES string of the molecule is COC1(c2ccc(Cl)c(Cc3ccc(OC(C)=O)cc3)c2)O[C@H](COC(C)=O)[C@@H](OC(C)=O)[C@H](OC(C)=O)[C@H]1OC(C)=O. The van der Waals surface area contributed by atoms with E-state index in [1.807, 2.05) is 0 Å². The van der Waals surface area contributed by atoms with E-state index in [4.69, 9.17) is 44.8 Å². The van der Waals surface area contributed by atoms with Crippen molar-refractivity contribution in [1.82, 2.24) is 0 Å². The molecular formula is C30H33ClO12. The first-order valence-corrected chi connectivity index (χ1v) is 13.6. The summed E-state index contributed by atoms with van der Waals surface area (Å²) in [4.78, 5) is 59.7. The van der Waals surface area contributed by atoms with Crippen molar-refractivity contribution in [3.63, 3.8) is 0 Å². The van der Waals surface area contributed by atoms with Crippen molar-refractivity contribution in [1.29, 1.82) is 0 Å². The van der Waals surface area contributed by atoms with E-state index in [2.05, 4.69) is 0 Å². The van der Waals surface area contributed by atoms with Gasteiger partial charge in [0.2, 0.25) is 11.9 Å². The number of carbonyl (C=O) groups is 5. The fraction of sp³-hybridized carbons (Fsp3) is 0.433. The summed E-state index contributed by atoms with van der Waals surface area (Å²) in [5.74, 6) is -4.96. The zero-order valence-corrected chi connectivity index (χ0v) is 25.3. The molecule has 1 aliphatic rings. The monoisotopic (exact) mass is 620 g/mol. The minimum absolute atomic E-state index is 0.309. The Morgan fingerprint density at radius 2 is 1.40 bits per heavy atom. The molecule has 0 saturated carbocycles. The standard InChI is InChI=1S/C30H33ClO12/c1-16(32)38-15-26-27(40-18(3)34)28(41-19(4)35)29(42-20(5)36)30(37-6,43-26)23-9-12-25(31)22(14-23)13-21-7-10-24(11-8-21)39-17(2)33/h7-12,14,26-29H,13,15H2,1-6H3/t26-,27-,28+,29-,30?/m1/s1. The zero-order chi connectivity index (χ0) is 31.9. The molecule has 1 heterocycles. The molecule has 0 radical (unpaired) electrons. The number of hydrogen-bond donors (Lipinski definition) is 0. The average molecular weight is 621 g/mol. The number of ether oxygens (including phenoxy) is 7. The Kier molecular flexibility index (Phi) is 11.3. The molecule has 43 heavy (non-hydrogen) atoms. The van der Waals surface area contributed by atoms with Gasteiger partial charge in [0, 0.05) is 52.3 Å². The van der Waals surface area contributed by atoms with Crippen LogP contribution >= 0.6 is 11.6 Å². The van der Waals surface area contributed by atoms with E-state index in [0.29, 0.717) is 28.3 Å². The molecule has 2 aromatic rings. The Labute approximate surface area is 253 Å². The van der Waals surface area contributed by atoms with Gasteiger partial charge in [-0.3, -0.25) is 24.0 Å². The molecule has 0 amide bonds. The highest BCUT2D eigenvalue weighted by Crippen LogP contribution is 2.44. The molecule has 13 heteroatoms. The van der Waals surface area contributed by atoms with Gasteiger partial charge < -0.3 is 33.2 Å². The first-order chi connectivity index (χ1) is 20.2. The summed E-state index contributed by atoms with van der Waals surface area (Å²) in [6, 6.07) is 11.7. The summed E-state index contributed by atoms with van der Waals surface area (Å²) < 4.78 is 39.2. The van der Waals surface area contributed by atoms with Crippen molar-refractivity contribution in [3.05, 3.63) is 64.2 Å². The number of hydrogen-bond acceptors (Lipinski definition) is 12. The maximum absolute atomic E-state index is 12.4. The van der Waals surface area contributed by atoms with Gasteiger partial charge in [-0.25, -0.2) is 0 Å². The predicted octanol–water partition coefficient (Wildman–Crippen LogP) is 3.41. The molecule has 0 aromatic heterocycles. The molecule has 1 aliphatic heterocycles. The first kappa shape index (κ1) is 33.5. The second kappa shape index (κ2) is 14.5. The van der Waals surface area contributed by atoms with Gasteiger partial charge in [-0.15, -0.1) is 0 Å². The van der Waals surface area contributed by atoms with Crippen LogP contribution in [-0.4, -0.2) is 68.0 Å². The molecule has 0 N–H and O–H groups in total. The summed E-state index contributed by atoms with van der Waals surface area (Å²) >= 11 is 6.57. The molecular weight excluding hydrogens is 588 g/mol. The molecule has 232 valence electrons. The van der Waals surface area contributed by atoms with Crippen LogP contribution in [0.2, 0.25) is 5.02 Å². The minimum Gasteiger partial charge on any atom is -0.463 e. The van der Waals surface area contributed by atoms with Crippen LogP contribution in [0.3, 0.4) is 0 Å². The lowest BCUT2D eigenvalue weighted by molar-refractivity contribution is -0.367. The van der Waals surface area contributed by atoms with Crippen molar-refractivity contribution in [2.75, 3.05) is 13.7 Å². The van der Waals surface area contributed by atoms with Gasteiger partial charge in [0.05, 0.1) is 0 Å². The zero-order valence-electron chi connectivity index (χ0n) is 24.5. The Bertz CT molecular complexity index is 1360. The van der Waals surface area contributed by atoms with Crippen LogP contribution in [-0.2, 0) is 64.6 Å². The molecule has 1 unspecified atom stereocenters. The highest BCUT2D eigenvalue weighted by atomic mass is 35.5. The lowest BCUT2D eigenvalue weighted by Crippen LogP contribution is -2.67. The van der Waals surface area contributed by atoms with Crippen molar-refractivity contribution >= 4 is 41.4 Å². The highest BCUT2D eigenvalue weighted by molar-refractivity contribution is 6.31. The van der Waals surface area contributed by atoms with Gasteiger partial charge in [-0.2, -0.15) is 0 Å². The molecule has 1 fully saturated rings. The summed E-state index contributed by atoms with van der Waals surface area (Å²) in [6.07, 6.45) is -5.18. The molecule has 12 nitrogen and oxygen atoms in total. The van der Waals surface area contributed by atoms with E-state index in [9.17, 15) is 24.0 Å². The van der Waals surface area contributed by atoms with E-state index >= 15 is 0 Å². The quantitative estimate of drug-likeness (QED) is 0.217. The van der Waals surface area contributed by atoms with Gasteiger partial charge in [-0.1, -0.05) is 29.8 Å². The third-order valence-electron chi connectivity index (χ3n) is 6.37. The molecule has 0 spiro atoms. The Hall–Kier alpha value is -4.00. The Morgan fingerprint density at radius 3 is 1.93 bits per heavy atom. The molecule has 0 bridgehead atoms. The number of rotatable bonds is 10. The predicted molar refractivity (Wildman–Crippen MR) is 149 cm³/mol. The van der Waals surface area contributed by atoms with Crippen LogP contribution in [0.1, 0.15) is 51.3 Å². The van der Waals surface area contributed by atoms with Crippen LogP contribution in [0.4, 0.5) is 0 Å². The van der Waals surface area contributed by atoms with Crippen molar-refractivity contribution in [2.24, 2.45) is 0 Å². The third-order valence-corrected chi connectivity index (χ3v) is 6.74. The summed E-state index contributed by atoms with van der Waals surface area (Å²) in [5.41, 5.74) is 1.75. The normalized spacial score (nSPS) is 23.0. The fourth-order valence-corrected chi connectivity index (χ4v) is 4.95. The summed E-state index contributed by atoms with van der Waals surface area (Å²) in [7, 11) is 1.29. The van der Waals surface area contributed by atoms with Crippen LogP contribution in [0.5, 0.6) is 5.75 Å². The summed E-state index contributed by atoms with van der Waals surface area (Å²) in [6.45, 7) is 5.48. The van der Waals surface area contributed by atoms with Crippen molar-refractivity contribution in [2.45, 2.75) is 71.2 Å². The topological polar surface area (TPSA) is 150 Å². The molecule has 2 aromatic carbocycles. The van der Waals surface area contributed by atoms with Gasteiger partial charge in [-0.05, 0) is 41.8 Å². The number of benzene rings is 2. The number of carbonyl (C=O) groups excluding carboxylic acids is 5. The first-order valence-electron chi connectivity index (χ1n) is 13.2. The summed E-state index contributed by atoms with van der Waals surface area (Å²) in [5, 5.41) is 0.393. The molecule has 0 aliphatic carbocycles. The second-order valence-electron chi connectivity index (χ2n) is 9.73. The van der Waals surface area contributed by atoms with Crippen LogP contribution in [0, 0.1) is 0 Å². The van der Waals surface area contributed by atoms with Crippen LogP contribution in [0.15, 0.2) is 42.5 Å². The molecule has 1 saturated heterocycles. The molecule has 5 atom stereocenters. The number of esters is 5. The minimum atomic E-state index is -1.95. The van der Waals surface area contributed by atoms with Gasteiger partial charge in [0.1, 0.15) is 18.5 Å². The van der Waals surface area contributed by atoms with Crippen LogP contribution < -0.4 is 4.74 Å². The van der Waals surface area contributed by atoms with Crippen molar-refractivity contribution in [3.8, 4) is 5.75 Å². The van der Waals surface area contributed by atoms with E-state index in [-0.39, 0.29) is 0 Å². The van der Waals surface area contributed by atoms with Gasteiger partial charge >= 0.3 is 29.8 Å². The van der Waals surface area contributed by atoms with Gasteiger partial charge in [0.25, 0.3) is 0 Å². The lowest BCUT2D eigenvalue weighted by atomic mass is 9.86. The largest absolute Gasteiger partial charge is 0.463 e. The average Bonchev–Trinajstić information content (AvgIpc) is 2.91. The Balaban J connectivity index is 2.14. The van der Waals surface area contributed by atoms with E-state index in [1.54, 1.807) is 42.5 Å². The number of halogens is 1. The second-order valence-corrected chi connectivity index (χ2v) is 10.1. The number of methoxy groups -OCH3 is 1. The van der Waals surface area contributed by atoms with Crippen LogP contribution in [0.25, 0.3) is 0 Å². The highest BCUT2D eigenvalue weighted by Gasteiger charge is 2.61. The lowest BCUT2D eigenvalue weighted by Gasteiger charge is -2.50. The van der Waals surface area contributed by atoms with Gasteiger partial charge in [0.15, 0.2) is 12.2 Å².